The molecular formula is C77H132F4N8O25. The number of unbranched alkanes of at least 4 members (excludes halogenated alkanes) is 1. The van der Waals surface area contributed by atoms with Crippen LogP contribution in [0.4, 0.5) is 17.6 Å². The Morgan fingerprint density at radius 3 is 1.04 bits per heavy atom. The number of rotatable bonds is 58. The number of hydrogen-bond donors (Lipinski definition) is 4. The number of esters is 5. The van der Waals surface area contributed by atoms with Crippen molar-refractivity contribution < 1.29 is 137 Å². The predicted molar refractivity (Wildman–Crippen MR) is 408 cm³/mol. The van der Waals surface area contributed by atoms with Gasteiger partial charge >= 0.3 is 29.8 Å². The average Bonchev–Trinajstić information content (AvgIpc) is 0.825. The molecular weight excluding hydrogens is 1510 g/mol. The number of carbonyl (C=O) groups is 9. The zero-order valence-corrected chi connectivity index (χ0v) is 69.6. The first kappa shape index (κ1) is 104. The summed E-state index contributed by atoms with van der Waals surface area (Å²) in [6.45, 7) is 30.5. The van der Waals surface area contributed by atoms with E-state index < -0.39 is 117 Å². The van der Waals surface area contributed by atoms with Crippen LogP contribution in [0.2, 0.25) is 0 Å². The van der Waals surface area contributed by atoms with Crippen LogP contribution in [0.15, 0.2) is 6.07 Å². The lowest BCUT2D eigenvalue weighted by Gasteiger charge is -2.37. The number of halogens is 4. The molecule has 0 radical (unpaired) electrons. The van der Waals surface area contributed by atoms with E-state index in [1.54, 1.807) is 90.2 Å². The van der Waals surface area contributed by atoms with E-state index in [9.17, 15) is 60.7 Å². The summed E-state index contributed by atoms with van der Waals surface area (Å²) in [6.07, 6.45) is -0.909. The first-order chi connectivity index (χ1) is 53.9. The zero-order valence-electron chi connectivity index (χ0n) is 69.6. The topological polar surface area (TPSA) is 362 Å². The minimum absolute atomic E-state index is 0.0291. The van der Waals surface area contributed by atoms with Crippen LogP contribution in [0.1, 0.15) is 134 Å². The fourth-order valence-corrected chi connectivity index (χ4v) is 10.4. The van der Waals surface area contributed by atoms with Crippen LogP contribution in [-0.4, -0.2) is 345 Å². The van der Waals surface area contributed by atoms with Crippen molar-refractivity contribution >= 4 is 53.5 Å². The highest BCUT2D eigenvalue weighted by Gasteiger charge is 2.34. The smallest absolute Gasteiger partial charge is 0.323 e. The Hall–Kier alpha value is -6.43. The molecule has 2 atom stereocenters. The van der Waals surface area contributed by atoms with Gasteiger partial charge in [-0.25, -0.2) is 8.78 Å². The van der Waals surface area contributed by atoms with Crippen LogP contribution in [0.3, 0.4) is 0 Å². The molecule has 658 valence electrons. The fourth-order valence-electron chi connectivity index (χ4n) is 10.4. The van der Waals surface area contributed by atoms with Gasteiger partial charge in [0, 0.05) is 111 Å². The number of nitrogens with one attached hydrogen (secondary N) is 4. The Balaban J connectivity index is 1.81. The molecule has 4 N–H and O–H groups in total. The number of benzene rings is 1. The molecule has 0 bridgehead atoms. The van der Waals surface area contributed by atoms with E-state index in [2.05, 4.69) is 26.0 Å². The highest BCUT2D eigenvalue weighted by molar-refractivity contribution is 5.88. The van der Waals surface area contributed by atoms with E-state index in [1.807, 2.05) is 19.6 Å². The number of carbonyl (C=O) groups excluding carboxylic acids is 9. The zero-order chi connectivity index (χ0) is 84.8. The quantitative estimate of drug-likeness (QED) is 0.0180. The van der Waals surface area contributed by atoms with Crippen LogP contribution in [0.25, 0.3) is 0 Å². The summed E-state index contributed by atoms with van der Waals surface area (Å²) < 4.78 is 143. The molecule has 114 heavy (non-hydrogen) atoms. The second-order valence-corrected chi connectivity index (χ2v) is 30.5. The van der Waals surface area contributed by atoms with E-state index in [0.717, 1.165) is 0 Å². The van der Waals surface area contributed by atoms with Crippen molar-refractivity contribution in [3.63, 3.8) is 0 Å². The summed E-state index contributed by atoms with van der Waals surface area (Å²) in [4.78, 5) is 127. The summed E-state index contributed by atoms with van der Waals surface area (Å²) in [5, 5.41) is 10.8. The lowest BCUT2D eigenvalue weighted by Crippen LogP contribution is -2.53. The maximum absolute atomic E-state index is 14.2. The van der Waals surface area contributed by atoms with Crippen molar-refractivity contribution in [2.45, 2.75) is 169 Å². The standard InChI is InChI=1S/C77H132F4N8O25/c1-74(2,3)111-66(94)55-86-25-27-87(56-67(95)112-75(4,5)6)29-31-89(32-30-88(28-26-86)57-68(96)113-76(7,8)9)61(73(98)114-77(10,11)12)19-21-63(91)83-23-34-101-39-42-105-46-49-108-51-48-106-43-40-102-35-24-84-72(97)60(85-64(92)16-14-15-17-65(93)110-71-69(80)58(78)54-59(79)70(71)81)18-20-62(90)82-22-33-100-38-41-104-47-50-109-53-52-107-45-44-103-37-36-99-13/h54,60-61H,14-53,55-57H2,1-13H3,(H,82,90)(H,83,91)(H,84,97)(H,85,92)/t60-,61?/m0/s1. The van der Waals surface area contributed by atoms with Gasteiger partial charge in [-0.05, 0) is 109 Å². The van der Waals surface area contributed by atoms with Crippen LogP contribution < -0.4 is 26.0 Å². The van der Waals surface area contributed by atoms with E-state index >= 15 is 0 Å². The summed E-state index contributed by atoms with van der Waals surface area (Å²) in [5.41, 5.74) is -3.08. The van der Waals surface area contributed by atoms with Crippen molar-refractivity contribution in [1.29, 1.82) is 0 Å². The highest BCUT2D eigenvalue weighted by Crippen LogP contribution is 2.27. The third-order valence-electron chi connectivity index (χ3n) is 15.7. The van der Waals surface area contributed by atoms with Crippen molar-refractivity contribution in [1.82, 2.24) is 40.9 Å². The fraction of sp³-hybridized carbons (Fsp3) is 0.805. The van der Waals surface area contributed by atoms with Crippen LogP contribution >= 0.6 is 0 Å². The summed E-state index contributed by atoms with van der Waals surface area (Å²) >= 11 is 0. The molecule has 1 saturated heterocycles. The van der Waals surface area contributed by atoms with Crippen LogP contribution in [0.5, 0.6) is 5.75 Å². The Morgan fingerprint density at radius 1 is 0.377 bits per heavy atom. The summed E-state index contributed by atoms with van der Waals surface area (Å²) in [6, 6.07) is -2.10. The van der Waals surface area contributed by atoms with E-state index in [-0.39, 0.29) is 189 Å². The second kappa shape index (κ2) is 59.3. The molecule has 1 aromatic rings. The van der Waals surface area contributed by atoms with Gasteiger partial charge in [0.1, 0.15) is 34.5 Å². The van der Waals surface area contributed by atoms with E-state index in [0.29, 0.717) is 98.7 Å². The van der Waals surface area contributed by atoms with Crippen LogP contribution in [0, 0.1) is 23.3 Å². The van der Waals surface area contributed by atoms with Gasteiger partial charge < -0.3 is 97.1 Å². The van der Waals surface area contributed by atoms with E-state index in [4.69, 9.17) is 71.1 Å². The maximum atomic E-state index is 14.2. The molecule has 1 aromatic carbocycles. The lowest BCUT2D eigenvalue weighted by atomic mass is 10.1. The van der Waals surface area contributed by atoms with Gasteiger partial charge in [0.25, 0.3) is 0 Å². The number of hydrogen-bond acceptors (Lipinski definition) is 29. The molecule has 0 aliphatic carbocycles. The molecule has 1 aliphatic rings. The number of ether oxygens (including phenoxy) is 16. The Bertz CT molecular complexity index is 2850. The highest BCUT2D eigenvalue weighted by atomic mass is 19.2. The SMILES string of the molecule is COCCOCCOCCOCCOCCOCCNC(=O)CC[C@H](NC(=O)CCCCC(=O)Oc1c(F)c(F)cc(F)c1F)C(=O)NCCOCCOCCOCCOCCOCCNC(=O)CCC(C(=O)OC(C)(C)C)N1CCN(CC(=O)OC(C)(C)C)CCN(CC(=O)OC(C)(C)C)CCN(CC(=O)OC(C)(C)C)CC1. The molecule has 4 amide bonds. The Morgan fingerprint density at radius 2 is 0.693 bits per heavy atom. The first-order valence-electron chi connectivity index (χ1n) is 39.1. The minimum atomic E-state index is -1.88. The average molecular weight is 1650 g/mol. The maximum Gasteiger partial charge on any atom is 0.323 e. The van der Waals surface area contributed by atoms with Gasteiger partial charge in [0.05, 0.1) is 158 Å². The largest absolute Gasteiger partial charge is 0.459 e. The van der Waals surface area contributed by atoms with E-state index in [1.165, 1.54) is 0 Å². The number of nitrogens with zero attached hydrogens (tertiary/aromatic N) is 4. The summed E-state index contributed by atoms with van der Waals surface area (Å²) in [7, 11) is 1.60. The summed E-state index contributed by atoms with van der Waals surface area (Å²) in [5.74, 6) is -13.8. The van der Waals surface area contributed by atoms with Gasteiger partial charge in [0.2, 0.25) is 41.0 Å². The molecule has 37 heteroatoms. The molecule has 1 fully saturated rings. The molecule has 2 rings (SSSR count). The molecule has 1 heterocycles. The molecule has 0 saturated carbocycles. The Kier molecular flexibility index (Phi) is 53.9. The van der Waals surface area contributed by atoms with Gasteiger partial charge in [-0.2, -0.15) is 8.78 Å². The normalized spacial score (nSPS) is 14.6. The molecule has 0 aromatic heterocycles. The lowest BCUT2D eigenvalue weighted by molar-refractivity contribution is -0.163. The van der Waals surface area contributed by atoms with Crippen molar-refractivity contribution in [2.75, 3.05) is 237 Å². The van der Waals surface area contributed by atoms with Crippen molar-refractivity contribution in [2.24, 2.45) is 0 Å². The monoisotopic (exact) mass is 1640 g/mol. The molecule has 1 unspecified atom stereocenters. The van der Waals surface area contributed by atoms with Gasteiger partial charge in [-0.1, -0.05) is 0 Å². The van der Waals surface area contributed by atoms with Gasteiger partial charge in [-0.3, -0.25) is 62.8 Å². The number of methoxy groups -OCH3 is 1. The minimum Gasteiger partial charge on any atom is -0.459 e. The molecule has 33 nitrogen and oxygen atoms in total. The predicted octanol–water partition coefficient (Wildman–Crippen LogP) is 3.87. The van der Waals surface area contributed by atoms with Crippen molar-refractivity contribution in [3.8, 4) is 5.75 Å². The third kappa shape index (κ3) is 55.2. The van der Waals surface area contributed by atoms with Gasteiger partial charge in [0.15, 0.2) is 11.6 Å². The number of amides is 4. The Labute approximate surface area is 670 Å². The van der Waals surface area contributed by atoms with Gasteiger partial charge in [-0.15, -0.1) is 0 Å². The first-order valence-corrected chi connectivity index (χ1v) is 39.1. The van der Waals surface area contributed by atoms with Crippen LogP contribution in [-0.2, 0) is 114 Å². The molecule has 1 aliphatic heterocycles. The van der Waals surface area contributed by atoms with Crippen molar-refractivity contribution in [3.05, 3.63) is 29.3 Å². The second-order valence-electron chi connectivity index (χ2n) is 30.5. The third-order valence-corrected chi connectivity index (χ3v) is 15.7. The molecule has 0 spiro atoms.